The van der Waals surface area contributed by atoms with Gasteiger partial charge >= 0.3 is 0 Å². The van der Waals surface area contributed by atoms with E-state index in [2.05, 4.69) is 70.2 Å². The summed E-state index contributed by atoms with van der Waals surface area (Å²) in [6.07, 6.45) is 4.02. The Bertz CT molecular complexity index is 688. The number of benzene rings is 1. The maximum Gasteiger partial charge on any atom is 0.227 e. The van der Waals surface area contributed by atoms with Gasteiger partial charge in [0.2, 0.25) is 5.95 Å². The summed E-state index contributed by atoms with van der Waals surface area (Å²) in [7, 11) is 2.18. The molecule has 0 radical (unpaired) electrons. The molecule has 0 aliphatic carbocycles. The van der Waals surface area contributed by atoms with Crippen LogP contribution in [0.15, 0.2) is 36.5 Å². The highest BCUT2D eigenvalue weighted by atomic mass is 15.3. The van der Waals surface area contributed by atoms with Gasteiger partial charge in [-0.3, -0.25) is 0 Å². The van der Waals surface area contributed by atoms with E-state index in [0.717, 1.165) is 69.6 Å². The smallest absolute Gasteiger partial charge is 0.227 e. The van der Waals surface area contributed by atoms with Crippen LogP contribution in [-0.2, 0) is 0 Å². The maximum atomic E-state index is 4.71. The first-order valence-electron chi connectivity index (χ1n) is 10.1. The van der Waals surface area contributed by atoms with Crippen molar-refractivity contribution < 1.29 is 0 Å². The fourth-order valence-corrected chi connectivity index (χ4v) is 3.39. The number of rotatable bonds is 8. The fraction of sp³-hybridized carbons (Fsp3) is 0.524. The lowest BCUT2D eigenvalue weighted by atomic mass is 10.2. The monoisotopic (exact) mass is 368 g/mol. The molecule has 0 spiro atoms. The van der Waals surface area contributed by atoms with E-state index in [0.29, 0.717) is 0 Å². The summed E-state index contributed by atoms with van der Waals surface area (Å²) in [5.74, 6) is 1.64. The summed E-state index contributed by atoms with van der Waals surface area (Å²) in [5.41, 5.74) is 2.34. The van der Waals surface area contributed by atoms with Gasteiger partial charge < -0.3 is 20.0 Å². The molecule has 1 aliphatic rings. The zero-order valence-electron chi connectivity index (χ0n) is 16.9. The van der Waals surface area contributed by atoms with E-state index < -0.39 is 0 Å². The first kappa shape index (κ1) is 19.4. The Morgan fingerprint density at radius 1 is 0.963 bits per heavy atom. The van der Waals surface area contributed by atoms with Gasteiger partial charge in [-0.05, 0) is 50.2 Å². The molecule has 2 heterocycles. The molecule has 1 saturated heterocycles. The number of anilines is 4. The Morgan fingerprint density at radius 2 is 1.63 bits per heavy atom. The largest absolute Gasteiger partial charge is 0.369 e. The molecule has 1 aromatic heterocycles. The van der Waals surface area contributed by atoms with Crippen LogP contribution in [0.1, 0.15) is 26.7 Å². The Balaban J connectivity index is 1.65. The highest BCUT2D eigenvalue weighted by Crippen LogP contribution is 2.22. The minimum atomic E-state index is 0.803. The lowest BCUT2D eigenvalue weighted by Gasteiger charge is -2.34. The molecular weight excluding hydrogens is 336 g/mol. The van der Waals surface area contributed by atoms with Gasteiger partial charge in [0.05, 0.1) is 0 Å². The standard InChI is InChI=1S/C21H32N6/c1-4-12-27(13-5-2)21-22-11-10-20(24-21)23-18-6-8-19(9-7-18)26-16-14-25(3)15-17-26/h6-11H,4-5,12-17H2,1-3H3,(H,22,23,24). The van der Waals surface area contributed by atoms with Gasteiger partial charge in [0, 0.05) is 56.8 Å². The topological polar surface area (TPSA) is 47.5 Å². The summed E-state index contributed by atoms with van der Waals surface area (Å²) < 4.78 is 0. The Labute approximate surface area is 163 Å². The summed E-state index contributed by atoms with van der Waals surface area (Å²) in [6.45, 7) is 10.8. The van der Waals surface area contributed by atoms with Gasteiger partial charge in [0.1, 0.15) is 5.82 Å². The second-order valence-corrected chi connectivity index (χ2v) is 7.19. The van der Waals surface area contributed by atoms with E-state index in [4.69, 9.17) is 4.98 Å². The predicted molar refractivity (Wildman–Crippen MR) is 114 cm³/mol. The van der Waals surface area contributed by atoms with Crippen LogP contribution < -0.4 is 15.1 Å². The van der Waals surface area contributed by atoms with Crippen molar-refractivity contribution >= 4 is 23.1 Å². The molecule has 6 nitrogen and oxygen atoms in total. The normalized spacial score (nSPS) is 15.0. The average Bonchev–Trinajstić information content (AvgIpc) is 2.69. The SMILES string of the molecule is CCCN(CCC)c1nccc(Nc2ccc(N3CCN(C)CC3)cc2)n1. The van der Waals surface area contributed by atoms with Crippen LogP contribution in [0.4, 0.5) is 23.1 Å². The molecule has 1 fully saturated rings. The minimum Gasteiger partial charge on any atom is -0.369 e. The van der Waals surface area contributed by atoms with Gasteiger partial charge in [0.25, 0.3) is 0 Å². The molecular formula is C21H32N6. The first-order valence-corrected chi connectivity index (χ1v) is 10.1. The molecule has 0 saturated carbocycles. The van der Waals surface area contributed by atoms with Crippen LogP contribution in [0.5, 0.6) is 0 Å². The molecule has 1 aromatic carbocycles. The molecule has 27 heavy (non-hydrogen) atoms. The average molecular weight is 369 g/mol. The van der Waals surface area contributed by atoms with Crippen molar-refractivity contribution in [3.8, 4) is 0 Å². The molecule has 0 bridgehead atoms. The second kappa shape index (κ2) is 9.55. The van der Waals surface area contributed by atoms with E-state index in [1.54, 1.807) is 0 Å². The van der Waals surface area contributed by atoms with Crippen LogP contribution in [0.2, 0.25) is 0 Å². The number of likely N-dealkylation sites (N-methyl/N-ethyl adjacent to an activating group) is 1. The van der Waals surface area contributed by atoms with Crippen molar-refractivity contribution in [1.82, 2.24) is 14.9 Å². The lowest BCUT2D eigenvalue weighted by molar-refractivity contribution is 0.313. The minimum absolute atomic E-state index is 0.803. The third-order valence-electron chi connectivity index (χ3n) is 4.92. The third kappa shape index (κ3) is 5.32. The molecule has 1 aliphatic heterocycles. The fourth-order valence-electron chi connectivity index (χ4n) is 3.39. The van der Waals surface area contributed by atoms with E-state index >= 15 is 0 Å². The number of hydrogen-bond acceptors (Lipinski definition) is 6. The summed E-state index contributed by atoms with van der Waals surface area (Å²) in [5, 5.41) is 3.42. The molecule has 0 unspecified atom stereocenters. The highest BCUT2D eigenvalue weighted by Gasteiger charge is 2.14. The Kier molecular flexibility index (Phi) is 6.87. The van der Waals surface area contributed by atoms with Crippen molar-refractivity contribution in [2.24, 2.45) is 0 Å². The molecule has 146 valence electrons. The molecule has 2 aromatic rings. The van der Waals surface area contributed by atoms with E-state index in [9.17, 15) is 0 Å². The van der Waals surface area contributed by atoms with Crippen LogP contribution in [-0.4, -0.2) is 61.2 Å². The molecule has 1 N–H and O–H groups in total. The van der Waals surface area contributed by atoms with Gasteiger partial charge in [0.15, 0.2) is 0 Å². The summed E-state index contributed by atoms with van der Waals surface area (Å²) in [6, 6.07) is 10.6. The number of aromatic nitrogens is 2. The number of piperazine rings is 1. The first-order chi connectivity index (χ1) is 13.2. The summed E-state index contributed by atoms with van der Waals surface area (Å²) >= 11 is 0. The Morgan fingerprint density at radius 3 is 2.26 bits per heavy atom. The third-order valence-corrected chi connectivity index (χ3v) is 4.92. The van der Waals surface area contributed by atoms with E-state index in [1.807, 2.05) is 12.3 Å². The molecule has 3 rings (SSSR count). The van der Waals surface area contributed by atoms with Crippen molar-refractivity contribution in [3.63, 3.8) is 0 Å². The number of nitrogens with zero attached hydrogens (tertiary/aromatic N) is 5. The Hall–Kier alpha value is -2.34. The predicted octanol–water partition coefficient (Wildman–Crippen LogP) is 3.60. The summed E-state index contributed by atoms with van der Waals surface area (Å²) in [4.78, 5) is 16.2. The quantitative estimate of drug-likeness (QED) is 0.768. The second-order valence-electron chi connectivity index (χ2n) is 7.19. The van der Waals surface area contributed by atoms with Crippen LogP contribution >= 0.6 is 0 Å². The van der Waals surface area contributed by atoms with Gasteiger partial charge in [-0.2, -0.15) is 4.98 Å². The zero-order valence-corrected chi connectivity index (χ0v) is 16.9. The van der Waals surface area contributed by atoms with Crippen molar-refractivity contribution in [1.29, 1.82) is 0 Å². The van der Waals surface area contributed by atoms with E-state index in [-0.39, 0.29) is 0 Å². The van der Waals surface area contributed by atoms with Crippen molar-refractivity contribution in [3.05, 3.63) is 36.5 Å². The number of nitrogens with one attached hydrogen (secondary N) is 1. The maximum absolute atomic E-state index is 4.71. The molecule has 0 amide bonds. The van der Waals surface area contributed by atoms with Gasteiger partial charge in [-0.25, -0.2) is 4.98 Å². The zero-order chi connectivity index (χ0) is 19.1. The van der Waals surface area contributed by atoms with Gasteiger partial charge in [-0.1, -0.05) is 13.8 Å². The van der Waals surface area contributed by atoms with Crippen LogP contribution in [0.25, 0.3) is 0 Å². The number of hydrogen-bond donors (Lipinski definition) is 1. The van der Waals surface area contributed by atoms with Crippen molar-refractivity contribution in [2.75, 3.05) is 61.4 Å². The van der Waals surface area contributed by atoms with Crippen LogP contribution in [0.3, 0.4) is 0 Å². The van der Waals surface area contributed by atoms with Gasteiger partial charge in [-0.15, -0.1) is 0 Å². The lowest BCUT2D eigenvalue weighted by Crippen LogP contribution is -2.44. The van der Waals surface area contributed by atoms with Crippen LogP contribution in [0, 0.1) is 0 Å². The molecule has 6 heteroatoms. The van der Waals surface area contributed by atoms with E-state index in [1.165, 1.54) is 5.69 Å². The van der Waals surface area contributed by atoms with Crippen molar-refractivity contribution in [2.45, 2.75) is 26.7 Å². The highest BCUT2D eigenvalue weighted by molar-refractivity contribution is 5.61. The molecule has 0 atom stereocenters.